The van der Waals surface area contributed by atoms with Gasteiger partial charge in [0.25, 0.3) is 5.91 Å². The third kappa shape index (κ3) is 2.42. The maximum atomic E-state index is 11.1. The van der Waals surface area contributed by atoms with E-state index in [0.29, 0.717) is 10.5 Å². The van der Waals surface area contributed by atoms with Crippen molar-refractivity contribution in [3.8, 4) is 0 Å². The van der Waals surface area contributed by atoms with Gasteiger partial charge in [0.2, 0.25) is 0 Å². The van der Waals surface area contributed by atoms with E-state index in [2.05, 4.69) is 25.3 Å². The maximum absolute atomic E-state index is 11.1. The highest BCUT2D eigenvalue weighted by Crippen LogP contribution is 2.26. The molecular formula is C8H9NO3S2. The van der Waals surface area contributed by atoms with Crippen LogP contribution in [0.1, 0.15) is 10.8 Å². The second kappa shape index (κ2) is 4.70. The summed E-state index contributed by atoms with van der Waals surface area (Å²) in [6.07, 6.45) is 0. The van der Waals surface area contributed by atoms with Gasteiger partial charge in [0.05, 0.1) is 0 Å². The fourth-order valence-electron chi connectivity index (χ4n) is 0.961. The first-order valence-electron chi connectivity index (χ1n) is 3.71. The molecule has 0 heterocycles. The molecule has 0 saturated heterocycles. The quantitative estimate of drug-likeness (QED) is 0.355. The average molecular weight is 231 g/mol. The van der Waals surface area contributed by atoms with Crippen molar-refractivity contribution in [2.24, 2.45) is 0 Å². The first-order chi connectivity index (χ1) is 6.54. The highest BCUT2D eigenvalue weighted by molar-refractivity contribution is 7.82. The molecule has 14 heavy (non-hydrogen) atoms. The van der Waals surface area contributed by atoms with Crippen LogP contribution >= 0.6 is 25.3 Å². The molecule has 76 valence electrons. The van der Waals surface area contributed by atoms with E-state index in [9.17, 15) is 4.79 Å². The van der Waals surface area contributed by atoms with Crippen molar-refractivity contribution in [1.82, 2.24) is 5.23 Å². The lowest BCUT2D eigenvalue weighted by Gasteiger charge is -2.14. The van der Waals surface area contributed by atoms with Crippen LogP contribution in [0.2, 0.25) is 0 Å². The van der Waals surface area contributed by atoms with Gasteiger partial charge in [0, 0.05) is 4.90 Å². The van der Waals surface area contributed by atoms with Gasteiger partial charge in [0.15, 0.2) is 0 Å². The summed E-state index contributed by atoms with van der Waals surface area (Å²) >= 11 is 8.08. The van der Waals surface area contributed by atoms with E-state index in [0.717, 1.165) is 0 Å². The van der Waals surface area contributed by atoms with Crippen molar-refractivity contribution in [3.63, 3.8) is 0 Å². The number of amides is 1. The smallest absolute Gasteiger partial charge is 0.268 e. The summed E-state index contributed by atoms with van der Waals surface area (Å²) < 4.78 is 0. The molecule has 1 atom stereocenters. The first kappa shape index (κ1) is 11.4. The first-order valence-corrected chi connectivity index (χ1v) is 4.68. The van der Waals surface area contributed by atoms with Crippen LogP contribution in [-0.4, -0.2) is 21.5 Å². The molecule has 1 unspecified atom stereocenters. The summed E-state index contributed by atoms with van der Waals surface area (Å²) in [5, 5.41) is 15.6. The van der Waals surface area contributed by atoms with Gasteiger partial charge in [-0.3, -0.25) is 15.2 Å². The number of nitrogens with zero attached hydrogens (tertiary/aromatic N) is 1. The van der Waals surface area contributed by atoms with E-state index >= 15 is 0 Å². The van der Waals surface area contributed by atoms with E-state index in [4.69, 9.17) is 10.4 Å². The highest BCUT2D eigenvalue weighted by atomic mass is 32.1. The Hall–Kier alpha value is -0.690. The van der Waals surface area contributed by atoms with Crippen molar-refractivity contribution in [1.29, 1.82) is 0 Å². The number of carbonyl (C=O) groups excluding carboxylic acids is 1. The highest BCUT2D eigenvalue weighted by Gasteiger charge is 2.22. The second-order valence-corrected chi connectivity index (χ2v) is 3.59. The Morgan fingerprint density at radius 2 is 1.93 bits per heavy atom. The Morgan fingerprint density at radius 3 is 2.43 bits per heavy atom. The zero-order valence-electron chi connectivity index (χ0n) is 7.03. The second-order valence-electron chi connectivity index (χ2n) is 2.59. The third-order valence-corrected chi connectivity index (χ3v) is 2.57. The van der Waals surface area contributed by atoms with Gasteiger partial charge in [0.1, 0.15) is 5.25 Å². The van der Waals surface area contributed by atoms with Crippen LogP contribution in [-0.2, 0) is 4.79 Å². The number of rotatable bonds is 2. The van der Waals surface area contributed by atoms with Crippen molar-refractivity contribution < 1.29 is 15.2 Å². The zero-order chi connectivity index (χ0) is 10.7. The summed E-state index contributed by atoms with van der Waals surface area (Å²) in [6.45, 7) is 0. The molecule has 1 amide bonds. The molecule has 0 aliphatic carbocycles. The fourth-order valence-corrected chi connectivity index (χ4v) is 1.68. The van der Waals surface area contributed by atoms with Crippen molar-refractivity contribution in [2.45, 2.75) is 10.1 Å². The van der Waals surface area contributed by atoms with Gasteiger partial charge in [-0.1, -0.05) is 23.4 Å². The van der Waals surface area contributed by atoms with E-state index < -0.39 is 16.4 Å². The van der Waals surface area contributed by atoms with E-state index in [-0.39, 0.29) is 0 Å². The lowest BCUT2D eigenvalue weighted by Crippen LogP contribution is -2.27. The standard InChI is InChI=1S/C8H9NO3S2/c10-8(9(11)12)7(14)5-3-1-2-4-6(5)13/h1-4,7,11-14H. The molecule has 0 saturated carbocycles. The molecule has 0 radical (unpaired) electrons. The topological polar surface area (TPSA) is 60.8 Å². The molecule has 0 bridgehead atoms. The summed E-state index contributed by atoms with van der Waals surface area (Å²) in [5.74, 6) is -0.921. The minimum atomic E-state index is -0.932. The Morgan fingerprint density at radius 1 is 1.36 bits per heavy atom. The predicted octanol–water partition coefficient (Wildman–Crippen LogP) is 1.55. The van der Waals surface area contributed by atoms with Gasteiger partial charge < -0.3 is 0 Å². The van der Waals surface area contributed by atoms with Crippen LogP contribution in [0.15, 0.2) is 29.2 Å². The fraction of sp³-hybridized carbons (Fsp3) is 0.125. The number of hydrogen-bond donors (Lipinski definition) is 4. The molecule has 1 rings (SSSR count). The number of thiol groups is 2. The van der Waals surface area contributed by atoms with Gasteiger partial charge in [-0.25, -0.2) is 0 Å². The largest absolute Gasteiger partial charge is 0.290 e. The molecular weight excluding hydrogens is 222 g/mol. The molecule has 0 aliphatic heterocycles. The number of hydrogen-bond acceptors (Lipinski definition) is 5. The van der Waals surface area contributed by atoms with Gasteiger partial charge >= 0.3 is 0 Å². The molecule has 2 N–H and O–H groups in total. The average Bonchev–Trinajstić information content (AvgIpc) is 2.16. The summed E-state index contributed by atoms with van der Waals surface area (Å²) in [7, 11) is 0. The van der Waals surface area contributed by atoms with Crippen LogP contribution in [0.25, 0.3) is 0 Å². The predicted molar refractivity (Wildman–Crippen MR) is 55.8 cm³/mol. The van der Waals surface area contributed by atoms with Crippen LogP contribution in [0, 0.1) is 0 Å². The normalized spacial score (nSPS) is 12.3. The Labute approximate surface area is 91.9 Å². The molecule has 0 spiro atoms. The molecule has 0 aromatic heterocycles. The maximum Gasteiger partial charge on any atom is 0.290 e. The Kier molecular flexibility index (Phi) is 3.82. The van der Waals surface area contributed by atoms with Gasteiger partial charge in [-0.15, -0.1) is 12.6 Å². The Bertz CT molecular complexity index is 343. The van der Waals surface area contributed by atoms with Crippen LogP contribution in [0.3, 0.4) is 0 Å². The molecule has 0 aliphatic rings. The number of hydroxylamine groups is 2. The number of benzene rings is 1. The van der Waals surface area contributed by atoms with E-state index in [1.165, 1.54) is 0 Å². The summed E-state index contributed by atoms with van der Waals surface area (Å²) in [6, 6.07) is 6.80. The molecule has 0 fully saturated rings. The van der Waals surface area contributed by atoms with Crippen LogP contribution < -0.4 is 0 Å². The minimum absolute atomic E-state index is 0.474. The van der Waals surface area contributed by atoms with Gasteiger partial charge in [-0.2, -0.15) is 12.6 Å². The zero-order valence-corrected chi connectivity index (χ0v) is 8.82. The molecule has 6 heteroatoms. The SMILES string of the molecule is O=C(C(S)c1ccccc1S)N(O)O. The van der Waals surface area contributed by atoms with Crippen molar-refractivity contribution in [2.75, 3.05) is 0 Å². The minimum Gasteiger partial charge on any atom is -0.268 e. The lowest BCUT2D eigenvalue weighted by molar-refractivity contribution is -0.284. The lowest BCUT2D eigenvalue weighted by atomic mass is 10.1. The molecule has 1 aromatic rings. The third-order valence-electron chi connectivity index (χ3n) is 1.66. The Balaban J connectivity index is 2.95. The van der Waals surface area contributed by atoms with Crippen LogP contribution in [0.4, 0.5) is 0 Å². The van der Waals surface area contributed by atoms with Crippen molar-refractivity contribution >= 4 is 31.2 Å². The molecule has 1 aromatic carbocycles. The van der Waals surface area contributed by atoms with Crippen LogP contribution in [0.5, 0.6) is 0 Å². The van der Waals surface area contributed by atoms with Crippen molar-refractivity contribution in [3.05, 3.63) is 29.8 Å². The summed E-state index contributed by atoms with van der Waals surface area (Å²) in [5.41, 5.74) is 0.525. The summed E-state index contributed by atoms with van der Waals surface area (Å²) in [4.78, 5) is 11.7. The van der Waals surface area contributed by atoms with E-state index in [1.807, 2.05) is 0 Å². The monoisotopic (exact) mass is 231 g/mol. The number of carbonyl (C=O) groups is 1. The van der Waals surface area contributed by atoms with E-state index in [1.54, 1.807) is 24.3 Å². The van der Waals surface area contributed by atoms with Gasteiger partial charge in [-0.05, 0) is 11.6 Å². The molecule has 4 nitrogen and oxygen atoms in total.